The third-order valence-corrected chi connectivity index (χ3v) is 8.34. The topological polar surface area (TPSA) is 79.7 Å². The number of ether oxygens (including phenoxy) is 1. The zero-order valence-corrected chi connectivity index (χ0v) is 22.6. The molecule has 1 N–H and O–H groups in total. The number of rotatable bonds is 4. The Morgan fingerprint density at radius 1 is 1.11 bits per heavy atom. The lowest BCUT2D eigenvalue weighted by Crippen LogP contribution is -2.29. The lowest BCUT2D eigenvalue weighted by atomic mass is 9.94. The van der Waals surface area contributed by atoms with Crippen molar-refractivity contribution in [3.05, 3.63) is 93.6 Å². The monoisotopic (exact) mass is 524 g/mol. The number of ketones is 1. The van der Waals surface area contributed by atoms with Crippen molar-refractivity contribution in [2.45, 2.75) is 52.7 Å². The van der Waals surface area contributed by atoms with Gasteiger partial charge in [0.15, 0.2) is 5.13 Å². The van der Waals surface area contributed by atoms with E-state index in [0.29, 0.717) is 10.7 Å². The van der Waals surface area contributed by atoms with Crippen LogP contribution in [-0.4, -0.2) is 27.9 Å². The summed E-state index contributed by atoms with van der Waals surface area (Å²) in [6.45, 7) is 8.08. The van der Waals surface area contributed by atoms with Crippen LogP contribution in [0.2, 0.25) is 0 Å². The highest BCUT2D eigenvalue weighted by Crippen LogP contribution is 2.45. The van der Waals surface area contributed by atoms with Crippen LogP contribution in [0.25, 0.3) is 16.0 Å². The summed E-state index contributed by atoms with van der Waals surface area (Å²) in [7, 11) is 0. The number of carbonyl (C=O) groups is 2. The van der Waals surface area contributed by atoms with E-state index in [2.05, 4.69) is 13.0 Å². The third-order valence-electron chi connectivity index (χ3n) is 7.34. The molecular formula is C31H28N2O4S. The van der Waals surface area contributed by atoms with Crippen LogP contribution < -0.4 is 9.64 Å². The minimum absolute atomic E-state index is 0.0520. The molecule has 0 unspecified atom stereocenters. The van der Waals surface area contributed by atoms with E-state index < -0.39 is 17.7 Å². The average Bonchev–Trinajstić information content (AvgIpc) is 3.56. The molecule has 6 nitrogen and oxygen atoms in total. The number of hydrogen-bond acceptors (Lipinski definition) is 6. The Kier molecular flexibility index (Phi) is 5.83. The van der Waals surface area contributed by atoms with Crippen molar-refractivity contribution >= 4 is 44.1 Å². The van der Waals surface area contributed by atoms with Crippen LogP contribution in [0.4, 0.5) is 5.13 Å². The molecule has 192 valence electrons. The van der Waals surface area contributed by atoms with Gasteiger partial charge >= 0.3 is 5.91 Å². The molecule has 38 heavy (non-hydrogen) atoms. The first-order chi connectivity index (χ1) is 18.2. The van der Waals surface area contributed by atoms with Crippen LogP contribution >= 0.6 is 11.3 Å². The lowest BCUT2D eigenvalue weighted by Gasteiger charge is -2.23. The van der Waals surface area contributed by atoms with Crippen molar-refractivity contribution in [3.8, 4) is 5.75 Å². The normalized spacial score (nSPS) is 20.3. The Balaban J connectivity index is 1.54. The van der Waals surface area contributed by atoms with E-state index >= 15 is 0 Å². The van der Waals surface area contributed by atoms with Gasteiger partial charge in [0.25, 0.3) is 5.78 Å². The smallest absolute Gasteiger partial charge is 0.301 e. The van der Waals surface area contributed by atoms with Gasteiger partial charge in [0.2, 0.25) is 0 Å². The zero-order valence-electron chi connectivity index (χ0n) is 21.7. The van der Waals surface area contributed by atoms with Crippen LogP contribution in [0.1, 0.15) is 53.3 Å². The van der Waals surface area contributed by atoms with Crippen molar-refractivity contribution in [2.75, 3.05) is 4.90 Å². The van der Waals surface area contributed by atoms with Crippen LogP contribution in [0.5, 0.6) is 5.75 Å². The van der Waals surface area contributed by atoms with Gasteiger partial charge in [-0.25, -0.2) is 4.98 Å². The Morgan fingerprint density at radius 2 is 1.87 bits per heavy atom. The van der Waals surface area contributed by atoms with Gasteiger partial charge in [0, 0.05) is 12.0 Å². The SMILES string of the molecule is CCc1ccc([C@H]2/C(=C(\O)c3ccc4c(c3)C[C@@H](C)O4)C(=O)C(=O)N2c2nc3c(C)cc(C)cc3s2)cc1. The first-order valence-corrected chi connectivity index (χ1v) is 13.6. The number of carbonyl (C=O) groups excluding carboxylic acids is 2. The molecule has 1 aromatic heterocycles. The molecule has 0 radical (unpaired) electrons. The molecular weight excluding hydrogens is 496 g/mol. The van der Waals surface area contributed by atoms with Gasteiger partial charge in [0.1, 0.15) is 17.6 Å². The van der Waals surface area contributed by atoms with E-state index in [1.807, 2.05) is 63.2 Å². The highest BCUT2D eigenvalue weighted by atomic mass is 32.1. The van der Waals surface area contributed by atoms with Crippen LogP contribution in [0.15, 0.2) is 60.2 Å². The Morgan fingerprint density at radius 3 is 2.61 bits per heavy atom. The number of aliphatic hydroxyl groups is 1. The lowest BCUT2D eigenvalue weighted by molar-refractivity contribution is -0.132. The fraction of sp³-hybridized carbons (Fsp3) is 0.258. The van der Waals surface area contributed by atoms with Gasteiger partial charge in [-0.3, -0.25) is 14.5 Å². The van der Waals surface area contributed by atoms with Gasteiger partial charge in [-0.1, -0.05) is 48.6 Å². The molecule has 2 aliphatic rings. The third kappa shape index (κ3) is 3.89. The number of hydrogen-bond donors (Lipinski definition) is 1. The number of aryl methyl sites for hydroxylation is 3. The predicted octanol–water partition coefficient (Wildman–Crippen LogP) is 6.43. The van der Waals surface area contributed by atoms with E-state index in [4.69, 9.17) is 9.72 Å². The maximum absolute atomic E-state index is 13.6. The standard InChI is InChI=1S/C31H28N2O4S/c1-5-19-6-8-20(9-7-19)27-25(28(34)21-10-11-23-22(15-21)14-18(4)37-23)29(35)30(36)33(27)31-32-26-17(3)12-16(2)13-24(26)38-31/h6-13,15,18,27,34H,5,14H2,1-4H3/b28-25+/t18-,27+/m1/s1. The predicted molar refractivity (Wildman–Crippen MR) is 150 cm³/mol. The summed E-state index contributed by atoms with van der Waals surface area (Å²) in [6.07, 6.45) is 1.64. The second-order valence-electron chi connectivity index (χ2n) is 10.1. The van der Waals surface area contributed by atoms with Gasteiger partial charge < -0.3 is 9.84 Å². The molecule has 6 rings (SSSR count). The second kappa shape index (κ2) is 9.10. The maximum Gasteiger partial charge on any atom is 0.301 e. The summed E-state index contributed by atoms with van der Waals surface area (Å²) in [5, 5.41) is 12.0. The number of nitrogens with zero attached hydrogens (tertiary/aromatic N) is 2. The summed E-state index contributed by atoms with van der Waals surface area (Å²) in [5.74, 6) is -0.820. The van der Waals surface area contributed by atoms with E-state index in [1.54, 1.807) is 6.07 Å². The summed E-state index contributed by atoms with van der Waals surface area (Å²) in [6, 6.07) is 16.5. The second-order valence-corrected chi connectivity index (χ2v) is 11.2. The Hall–Kier alpha value is -3.97. The number of amides is 1. The van der Waals surface area contributed by atoms with Crippen molar-refractivity contribution in [3.63, 3.8) is 0 Å². The van der Waals surface area contributed by atoms with E-state index in [0.717, 1.165) is 56.6 Å². The molecule has 7 heteroatoms. The average molecular weight is 525 g/mol. The number of thiazole rings is 1. The molecule has 3 heterocycles. The van der Waals surface area contributed by atoms with Crippen molar-refractivity contribution in [2.24, 2.45) is 0 Å². The summed E-state index contributed by atoms with van der Waals surface area (Å²) >= 11 is 1.38. The fourth-order valence-electron chi connectivity index (χ4n) is 5.47. The van der Waals surface area contributed by atoms with Crippen molar-refractivity contribution in [1.29, 1.82) is 0 Å². The van der Waals surface area contributed by atoms with Gasteiger partial charge in [-0.2, -0.15) is 0 Å². The minimum Gasteiger partial charge on any atom is -0.507 e. The number of benzene rings is 3. The number of aromatic nitrogens is 1. The minimum atomic E-state index is -0.800. The molecule has 0 aliphatic carbocycles. The van der Waals surface area contributed by atoms with E-state index in [-0.39, 0.29) is 17.4 Å². The van der Waals surface area contributed by atoms with E-state index in [9.17, 15) is 14.7 Å². The van der Waals surface area contributed by atoms with Gasteiger partial charge in [0.05, 0.1) is 21.8 Å². The van der Waals surface area contributed by atoms with Crippen molar-refractivity contribution < 1.29 is 19.4 Å². The summed E-state index contributed by atoms with van der Waals surface area (Å²) in [5.41, 5.74) is 6.34. The molecule has 2 aliphatic heterocycles. The quantitative estimate of drug-likeness (QED) is 0.189. The summed E-state index contributed by atoms with van der Waals surface area (Å²) in [4.78, 5) is 33.4. The number of anilines is 1. The van der Waals surface area contributed by atoms with Crippen LogP contribution in [0.3, 0.4) is 0 Å². The molecule has 0 saturated carbocycles. The molecule has 2 atom stereocenters. The molecule has 0 bridgehead atoms. The van der Waals surface area contributed by atoms with Crippen LogP contribution in [-0.2, 0) is 22.4 Å². The van der Waals surface area contributed by atoms with E-state index in [1.165, 1.54) is 16.2 Å². The van der Waals surface area contributed by atoms with Gasteiger partial charge in [-0.05, 0) is 79.3 Å². The number of Topliss-reactive ketones (excluding diaryl/α,β-unsaturated/α-hetero) is 1. The first-order valence-electron chi connectivity index (χ1n) is 12.8. The largest absolute Gasteiger partial charge is 0.507 e. The molecule has 0 spiro atoms. The Bertz CT molecular complexity index is 1650. The molecule has 4 aromatic rings. The molecule has 1 fully saturated rings. The first kappa shape index (κ1) is 24.4. The maximum atomic E-state index is 13.6. The highest BCUT2D eigenvalue weighted by molar-refractivity contribution is 7.22. The molecule has 1 amide bonds. The Labute approximate surface area is 225 Å². The fourth-order valence-corrected chi connectivity index (χ4v) is 6.64. The van der Waals surface area contributed by atoms with Crippen molar-refractivity contribution in [1.82, 2.24) is 4.98 Å². The highest BCUT2D eigenvalue weighted by Gasteiger charge is 2.48. The van der Waals surface area contributed by atoms with Gasteiger partial charge in [-0.15, -0.1) is 0 Å². The molecule has 3 aromatic carbocycles. The summed E-state index contributed by atoms with van der Waals surface area (Å²) < 4.78 is 6.76. The number of aliphatic hydroxyl groups excluding tert-OH is 1. The molecule has 1 saturated heterocycles. The van der Waals surface area contributed by atoms with Crippen LogP contribution in [0, 0.1) is 13.8 Å². The number of fused-ring (bicyclic) bond motifs is 2. The zero-order chi connectivity index (χ0) is 26.7.